The van der Waals surface area contributed by atoms with E-state index in [0.29, 0.717) is 16.8 Å². The monoisotopic (exact) mass is 453 g/mol. The first-order valence-electron chi connectivity index (χ1n) is 10.2. The summed E-state index contributed by atoms with van der Waals surface area (Å²) >= 11 is 0. The second kappa shape index (κ2) is 8.12. The minimum absolute atomic E-state index is 0.0307. The van der Waals surface area contributed by atoms with E-state index in [1.54, 1.807) is 12.1 Å². The predicted molar refractivity (Wildman–Crippen MR) is 130 cm³/mol. The second-order valence-corrected chi connectivity index (χ2v) is 9.15. The van der Waals surface area contributed by atoms with Crippen molar-refractivity contribution in [3.8, 4) is 28.1 Å². The molecule has 0 saturated carbocycles. The molecule has 1 heterocycles. The molecule has 5 rings (SSSR count). The largest absolute Gasteiger partial charge is 0.279 e. The van der Waals surface area contributed by atoms with Crippen LogP contribution >= 0.6 is 0 Å². The Balaban J connectivity index is 1.67. The molecule has 0 spiro atoms. The van der Waals surface area contributed by atoms with Gasteiger partial charge in [0.15, 0.2) is 0 Å². The van der Waals surface area contributed by atoms with Gasteiger partial charge in [0.25, 0.3) is 5.56 Å². The molecule has 33 heavy (non-hydrogen) atoms. The molecule has 1 aromatic heterocycles. The van der Waals surface area contributed by atoms with E-state index in [1.165, 1.54) is 28.9 Å². The zero-order chi connectivity index (χ0) is 23.0. The van der Waals surface area contributed by atoms with Crippen molar-refractivity contribution in [1.29, 1.82) is 0 Å². The molecular formula is C26H19N3O3S. The molecule has 0 aliphatic heterocycles. The van der Waals surface area contributed by atoms with Crippen LogP contribution in [0.15, 0.2) is 113 Å². The van der Waals surface area contributed by atoms with Gasteiger partial charge in [0.05, 0.1) is 21.7 Å². The molecule has 0 bridgehead atoms. The second-order valence-electron chi connectivity index (χ2n) is 7.59. The molecule has 0 amide bonds. The van der Waals surface area contributed by atoms with Gasteiger partial charge in [-0.15, -0.1) is 0 Å². The van der Waals surface area contributed by atoms with E-state index in [4.69, 9.17) is 5.14 Å². The van der Waals surface area contributed by atoms with Crippen LogP contribution in [0.5, 0.6) is 0 Å². The fourth-order valence-electron chi connectivity index (χ4n) is 3.81. The van der Waals surface area contributed by atoms with Crippen molar-refractivity contribution in [3.63, 3.8) is 0 Å². The van der Waals surface area contributed by atoms with Gasteiger partial charge in [0, 0.05) is 10.9 Å². The molecule has 4 aromatic carbocycles. The third kappa shape index (κ3) is 3.95. The van der Waals surface area contributed by atoms with Crippen LogP contribution in [0.25, 0.3) is 38.8 Å². The standard InChI is InChI=1S/C26H19N3O3S/c27-33(31,32)22-16-14-21(15-17-22)29-26(30)24-9-5-4-8-23(24)25(28-29)20-12-10-19(11-13-20)18-6-2-1-3-7-18/h1-17H,(H2,27,31,32). The van der Waals surface area contributed by atoms with E-state index in [2.05, 4.69) is 5.10 Å². The van der Waals surface area contributed by atoms with Gasteiger partial charge in [-0.3, -0.25) is 4.79 Å². The molecular weight excluding hydrogens is 434 g/mol. The summed E-state index contributed by atoms with van der Waals surface area (Å²) in [5, 5.41) is 11.1. The number of nitrogens with two attached hydrogens (primary N) is 1. The summed E-state index contributed by atoms with van der Waals surface area (Å²) in [6.07, 6.45) is 0. The number of hydrogen-bond donors (Lipinski definition) is 1. The van der Waals surface area contributed by atoms with E-state index < -0.39 is 10.0 Å². The first kappa shape index (κ1) is 20.8. The van der Waals surface area contributed by atoms with Gasteiger partial charge in [-0.1, -0.05) is 72.8 Å². The van der Waals surface area contributed by atoms with Gasteiger partial charge in [-0.05, 0) is 41.5 Å². The van der Waals surface area contributed by atoms with Gasteiger partial charge in [-0.25, -0.2) is 13.6 Å². The summed E-state index contributed by atoms with van der Waals surface area (Å²) in [5.41, 5.74) is 3.86. The van der Waals surface area contributed by atoms with Crippen LogP contribution < -0.4 is 10.7 Å². The number of fused-ring (bicyclic) bond motifs is 1. The number of primary sulfonamides is 1. The van der Waals surface area contributed by atoms with Gasteiger partial charge in [0.1, 0.15) is 0 Å². The number of rotatable bonds is 4. The summed E-state index contributed by atoms with van der Waals surface area (Å²) in [6, 6.07) is 31.2. The lowest BCUT2D eigenvalue weighted by molar-refractivity contribution is 0.597. The smallest absolute Gasteiger partial charge is 0.267 e. The first-order valence-corrected chi connectivity index (χ1v) is 11.8. The lowest BCUT2D eigenvalue weighted by Gasteiger charge is -2.12. The van der Waals surface area contributed by atoms with Crippen LogP contribution in [0.3, 0.4) is 0 Å². The summed E-state index contributed by atoms with van der Waals surface area (Å²) in [6.45, 7) is 0. The Morgan fingerprint density at radius 3 is 1.82 bits per heavy atom. The molecule has 6 nitrogen and oxygen atoms in total. The average Bonchev–Trinajstić information content (AvgIpc) is 2.85. The lowest BCUT2D eigenvalue weighted by Crippen LogP contribution is -2.22. The lowest BCUT2D eigenvalue weighted by atomic mass is 10.0. The maximum Gasteiger partial charge on any atom is 0.279 e. The van der Waals surface area contributed by atoms with E-state index in [0.717, 1.165) is 22.1 Å². The quantitative estimate of drug-likeness (QED) is 0.437. The number of benzene rings is 4. The van der Waals surface area contributed by atoms with E-state index in [1.807, 2.05) is 66.7 Å². The molecule has 162 valence electrons. The highest BCUT2D eigenvalue weighted by molar-refractivity contribution is 7.89. The van der Waals surface area contributed by atoms with Crippen LogP contribution in [0.2, 0.25) is 0 Å². The zero-order valence-electron chi connectivity index (χ0n) is 17.4. The topological polar surface area (TPSA) is 95.1 Å². The molecule has 7 heteroatoms. The Morgan fingerprint density at radius 1 is 0.636 bits per heavy atom. The van der Waals surface area contributed by atoms with Crippen molar-refractivity contribution >= 4 is 20.8 Å². The van der Waals surface area contributed by atoms with Crippen LogP contribution in [0.4, 0.5) is 0 Å². The molecule has 2 N–H and O–H groups in total. The van der Waals surface area contributed by atoms with Crippen molar-refractivity contribution in [2.45, 2.75) is 4.90 Å². The van der Waals surface area contributed by atoms with Gasteiger partial charge >= 0.3 is 0 Å². The summed E-state index contributed by atoms with van der Waals surface area (Å²) in [5.74, 6) is 0. The van der Waals surface area contributed by atoms with Crippen LogP contribution in [0, 0.1) is 0 Å². The summed E-state index contributed by atoms with van der Waals surface area (Å²) in [7, 11) is -3.83. The van der Waals surface area contributed by atoms with E-state index in [-0.39, 0.29) is 10.5 Å². The SMILES string of the molecule is NS(=O)(=O)c1ccc(-n2nc(-c3ccc(-c4ccccc4)cc3)c3ccccc3c2=O)cc1. The van der Waals surface area contributed by atoms with Crippen molar-refractivity contribution < 1.29 is 8.42 Å². The Bertz CT molecular complexity index is 1630. The fraction of sp³-hybridized carbons (Fsp3) is 0. The molecule has 0 atom stereocenters. The van der Waals surface area contributed by atoms with E-state index in [9.17, 15) is 13.2 Å². The van der Waals surface area contributed by atoms with Crippen molar-refractivity contribution in [2.75, 3.05) is 0 Å². The highest BCUT2D eigenvalue weighted by Gasteiger charge is 2.14. The highest BCUT2D eigenvalue weighted by Crippen LogP contribution is 2.28. The van der Waals surface area contributed by atoms with Crippen LogP contribution in [-0.2, 0) is 10.0 Å². The summed E-state index contributed by atoms with van der Waals surface area (Å²) < 4.78 is 24.5. The third-order valence-corrected chi connectivity index (χ3v) is 6.41. The zero-order valence-corrected chi connectivity index (χ0v) is 18.2. The normalized spacial score (nSPS) is 11.5. The Morgan fingerprint density at radius 2 is 1.18 bits per heavy atom. The fourth-order valence-corrected chi connectivity index (χ4v) is 4.32. The van der Waals surface area contributed by atoms with Crippen LogP contribution in [0.1, 0.15) is 0 Å². The Hall–Kier alpha value is -4.07. The number of sulfonamides is 1. The Labute approximate surface area is 190 Å². The molecule has 0 radical (unpaired) electrons. The van der Waals surface area contributed by atoms with Crippen molar-refractivity contribution in [2.24, 2.45) is 5.14 Å². The maximum absolute atomic E-state index is 13.2. The number of nitrogens with zero attached hydrogens (tertiary/aromatic N) is 2. The van der Waals surface area contributed by atoms with Crippen LogP contribution in [-0.4, -0.2) is 18.2 Å². The molecule has 0 saturated heterocycles. The molecule has 0 aliphatic rings. The minimum atomic E-state index is -3.83. The summed E-state index contributed by atoms with van der Waals surface area (Å²) in [4.78, 5) is 13.2. The third-order valence-electron chi connectivity index (χ3n) is 5.48. The van der Waals surface area contributed by atoms with Gasteiger partial charge in [-0.2, -0.15) is 9.78 Å². The number of aromatic nitrogens is 2. The van der Waals surface area contributed by atoms with E-state index >= 15 is 0 Å². The maximum atomic E-state index is 13.2. The molecule has 0 unspecified atom stereocenters. The van der Waals surface area contributed by atoms with Crippen molar-refractivity contribution in [1.82, 2.24) is 9.78 Å². The Kier molecular flexibility index (Phi) is 5.12. The molecule has 0 aliphatic carbocycles. The molecule has 0 fully saturated rings. The van der Waals surface area contributed by atoms with Crippen molar-refractivity contribution in [3.05, 3.63) is 113 Å². The highest BCUT2D eigenvalue weighted by atomic mass is 32.2. The predicted octanol–water partition coefficient (Wildman–Crippen LogP) is 4.37. The minimum Gasteiger partial charge on any atom is -0.267 e. The average molecular weight is 454 g/mol. The number of hydrogen-bond acceptors (Lipinski definition) is 4. The first-order chi connectivity index (χ1) is 15.9. The molecule has 5 aromatic rings. The van der Waals surface area contributed by atoms with Gasteiger partial charge in [0.2, 0.25) is 10.0 Å². The van der Waals surface area contributed by atoms with Gasteiger partial charge < -0.3 is 0 Å².